The molecule has 20 heavy (non-hydrogen) atoms. The van der Waals surface area contributed by atoms with Crippen LogP contribution in [0, 0.1) is 6.92 Å². The minimum Gasteiger partial charge on any atom is -0.484 e. The van der Waals surface area contributed by atoms with Gasteiger partial charge >= 0.3 is 5.97 Å². The lowest BCUT2D eigenvalue weighted by Gasteiger charge is -2.26. The molecule has 110 valence electrons. The molecule has 1 rings (SSSR count). The predicted molar refractivity (Wildman–Crippen MR) is 75.8 cm³/mol. The highest BCUT2D eigenvalue weighted by molar-refractivity contribution is 5.78. The lowest BCUT2D eigenvalue weighted by atomic mass is 10.2. The second-order valence-corrected chi connectivity index (χ2v) is 4.93. The normalized spacial score (nSPS) is 10.4. The molecule has 1 amide bonds. The van der Waals surface area contributed by atoms with Gasteiger partial charge in [0.2, 0.25) is 0 Å². The van der Waals surface area contributed by atoms with Gasteiger partial charge in [-0.15, -0.1) is 0 Å². The topological polar surface area (TPSA) is 66.8 Å². The lowest BCUT2D eigenvalue weighted by Crippen LogP contribution is -2.41. The molecule has 5 heteroatoms. The number of aliphatic carboxylic acids is 1. The fraction of sp³-hybridized carbons (Fsp3) is 0.467. The molecule has 1 aromatic rings. The molecule has 0 saturated carbocycles. The summed E-state index contributed by atoms with van der Waals surface area (Å²) in [6.45, 7) is 5.79. The predicted octanol–water partition coefficient (Wildman–Crippen LogP) is 2.09. The van der Waals surface area contributed by atoms with Crippen LogP contribution in [0.2, 0.25) is 0 Å². The van der Waals surface area contributed by atoms with E-state index in [4.69, 9.17) is 9.84 Å². The van der Waals surface area contributed by atoms with Crippen molar-refractivity contribution in [1.29, 1.82) is 0 Å². The summed E-state index contributed by atoms with van der Waals surface area (Å²) < 4.78 is 5.42. The van der Waals surface area contributed by atoms with Gasteiger partial charge in [-0.1, -0.05) is 17.7 Å². The molecule has 0 aliphatic carbocycles. The number of benzene rings is 1. The molecular weight excluding hydrogens is 258 g/mol. The Bertz CT molecular complexity index is 453. The maximum absolute atomic E-state index is 12.0. The molecule has 0 radical (unpaired) electrons. The SMILES string of the molecule is Cc1ccc(OCC(=O)N(CCC(=O)O)C(C)C)cc1. The van der Waals surface area contributed by atoms with Crippen LogP contribution in [0.15, 0.2) is 24.3 Å². The Morgan fingerprint density at radius 3 is 2.35 bits per heavy atom. The van der Waals surface area contributed by atoms with Crippen molar-refractivity contribution < 1.29 is 19.4 Å². The number of carbonyl (C=O) groups is 2. The van der Waals surface area contributed by atoms with Gasteiger partial charge in [0.25, 0.3) is 5.91 Å². The molecule has 0 unspecified atom stereocenters. The average molecular weight is 279 g/mol. The molecular formula is C15H21NO4. The molecule has 1 N–H and O–H groups in total. The molecule has 0 bridgehead atoms. The summed E-state index contributed by atoms with van der Waals surface area (Å²) in [7, 11) is 0. The van der Waals surface area contributed by atoms with Gasteiger partial charge in [-0.2, -0.15) is 0 Å². The van der Waals surface area contributed by atoms with Crippen LogP contribution in [0.25, 0.3) is 0 Å². The van der Waals surface area contributed by atoms with E-state index in [1.165, 1.54) is 4.90 Å². The Kier molecular flexibility index (Phi) is 6.03. The summed E-state index contributed by atoms with van der Waals surface area (Å²) in [6, 6.07) is 7.37. The molecule has 0 fully saturated rings. The van der Waals surface area contributed by atoms with Crippen LogP contribution in [0.5, 0.6) is 5.75 Å². The van der Waals surface area contributed by atoms with Crippen LogP contribution >= 0.6 is 0 Å². The quantitative estimate of drug-likeness (QED) is 0.830. The first-order valence-electron chi connectivity index (χ1n) is 6.61. The van der Waals surface area contributed by atoms with Gasteiger partial charge in [-0.05, 0) is 32.9 Å². The number of rotatable bonds is 7. The molecule has 0 aromatic heterocycles. The highest BCUT2D eigenvalue weighted by atomic mass is 16.5. The van der Waals surface area contributed by atoms with Crippen molar-refractivity contribution in [3.63, 3.8) is 0 Å². The highest BCUT2D eigenvalue weighted by Gasteiger charge is 2.18. The monoisotopic (exact) mass is 279 g/mol. The molecule has 0 atom stereocenters. The highest BCUT2D eigenvalue weighted by Crippen LogP contribution is 2.12. The van der Waals surface area contributed by atoms with E-state index in [1.807, 2.05) is 32.9 Å². The minimum atomic E-state index is -0.914. The second kappa shape index (κ2) is 7.53. The zero-order valence-electron chi connectivity index (χ0n) is 12.1. The zero-order chi connectivity index (χ0) is 15.1. The number of carbonyl (C=O) groups excluding carboxylic acids is 1. The van der Waals surface area contributed by atoms with E-state index in [0.29, 0.717) is 5.75 Å². The standard InChI is InChI=1S/C15H21NO4/c1-11(2)16(9-8-15(18)19)14(17)10-20-13-6-4-12(3)5-7-13/h4-7,11H,8-10H2,1-3H3,(H,18,19). The second-order valence-electron chi connectivity index (χ2n) is 4.93. The number of hydrogen-bond donors (Lipinski definition) is 1. The Labute approximate surface area is 119 Å². The molecule has 0 heterocycles. The van der Waals surface area contributed by atoms with Crippen molar-refractivity contribution in [3.05, 3.63) is 29.8 Å². The number of carboxylic acids is 1. The van der Waals surface area contributed by atoms with Crippen molar-refractivity contribution >= 4 is 11.9 Å². The number of amides is 1. The van der Waals surface area contributed by atoms with Crippen molar-refractivity contribution in [3.8, 4) is 5.75 Å². The maximum atomic E-state index is 12.0. The molecule has 0 spiro atoms. The van der Waals surface area contributed by atoms with E-state index < -0.39 is 5.97 Å². The summed E-state index contributed by atoms with van der Waals surface area (Å²) in [5.41, 5.74) is 1.12. The Morgan fingerprint density at radius 1 is 1.25 bits per heavy atom. The average Bonchev–Trinajstić information content (AvgIpc) is 2.37. The fourth-order valence-corrected chi connectivity index (χ4v) is 1.75. The Morgan fingerprint density at radius 2 is 1.85 bits per heavy atom. The van der Waals surface area contributed by atoms with E-state index in [1.54, 1.807) is 12.1 Å². The summed E-state index contributed by atoms with van der Waals surface area (Å²) in [4.78, 5) is 24.2. The number of aryl methyl sites for hydroxylation is 1. The van der Waals surface area contributed by atoms with Gasteiger partial charge in [0.15, 0.2) is 6.61 Å². The third kappa shape index (κ3) is 5.30. The first-order valence-corrected chi connectivity index (χ1v) is 6.61. The van der Waals surface area contributed by atoms with Crippen molar-refractivity contribution in [2.45, 2.75) is 33.2 Å². The van der Waals surface area contributed by atoms with Crippen LogP contribution in [-0.2, 0) is 9.59 Å². The van der Waals surface area contributed by atoms with Crippen molar-refractivity contribution in [2.24, 2.45) is 0 Å². The van der Waals surface area contributed by atoms with Gasteiger partial charge in [0.05, 0.1) is 6.42 Å². The molecule has 0 saturated heterocycles. The number of ether oxygens (including phenoxy) is 1. The summed E-state index contributed by atoms with van der Waals surface area (Å²) in [5, 5.41) is 8.69. The molecule has 5 nitrogen and oxygen atoms in total. The summed E-state index contributed by atoms with van der Waals surface area (Å²) in [5.74, 6) is -0.490. The third-order valence-corrected chi connectivity index (χ3v) is 2.89. The number of nitrogens with zero attached hydrogens (tertiary/aromatic N) is 1. The van der Waals surface area contributed by atoms with Crippen LogP contribution in [0.4, 0.5) is 0 Å². The van der Waals surface area contributed by atoms with E-state index in [0.717, 1.165) is 5.56 Å². The molecule has 1 aromatic carbocycles. The minimum absolute atomic E-state index is 0.0523. The van der Waals surface area contributed by atoms with Crippen molar-refractivity contribution in [1.82, 2.24) is 4.90 Å². The van der Waals surface area contributed by atoms with E-state index in [9.17, 15) is 9.59 Å². The van der Waals surface area contributed by atoms with E-state index in [2.05, 4.69) is 0 Å². The van der Waals surface area contributed by atoms with Gasteiger partial charge in [0.1, 0.15) is 5.75 Å². The van der Waals surface area contributed by atoms with Crippen LogP contribution < -0.4 is 4.74 Å². The lowest BCUT2D eigenvalue weighted by molar-refractivity contribution is -0.139. The van der Waals surface area contributed by atoms with Gasteiger partial charge in [0, 0.05) is 12.6 Å². The molecule has 0 aliphatic rings. The van der Waals surface area contributed by atoms with Crippen LogP contribution in [0.3, 0.4) is 0 Å². The van der Waals surface area contributed by atoms with Gasteiger partial charge in [-0.3, -0.25) is 9.59 Å². The first-order chi connectivity index (χ1) is 9.40. The fourth-order valence-electron chi connectivity index (χ4n) is 1.75. The molecule has 0 aliphatic heterocycles. The van der Waals surface area contributed by atoms with E-state index >= 15 is 0 Å². The smallest absolute Gasteiger partial charge is 0.305 e. The summed E-state index contributed by atoms with van der Waals surface area (Å²) >= 11 is 0. The van der Waals surface area contributed by atoms with Crippen molar-refractivity contribution in [2.75, 3.05) is 13.2 Å². The Balaban J connectivity index is 2.53. The zero-order valence-corrected chi connectivity index (χ0v) is 12.1. The number of carboxylic acid groups (broad SMARTS) is 1. The van der Waals surface area contributed by atoms with Gasteiger partial charge < -0.3 is 14.7 Å². The van der Waals surface area contributed by atoms with Gasteiger partial charge in [-0.25, -0.2) is 0 Å². The summed E-state index contributed by atoms with van der Waals surface area (Å²) in [6.07, 6.45) is -0.0611. The van der Waals surface area contributed by atoms with E-state index in [-0.39, 0.29) is 31.5 Å². The van der Waals surface area contributed by atoms with Crippen LogP contribution in [-0.4, -0.2) is 41.1 Å². The maximum Gasteiger partial charge on any atom is 0.305 e. The van der Waals surface area contributed by atoms with Crippen LogP contribution in [0.1, 0.15) is 25.8 Å². The largest absolute Gasteiger partial charge is 0.484 e. The first kappa shape index (κ1) is 16.0. The third-order valence-electron chi connectivity index (χ3n) is 2.89. The Hall–Kier alpha value is -2.04. The number of hydrogen-bond acceptors (Lipinski definition) is 3.